The van der Waals surface area contributed by atoms with Gasteiger partial charge < -0.3 is 5.73 Å². The van der Waals surface area contributed by atoms with E-state index in [-0.39, 0.29) is 18.0 Å². The average Bonchev–Trinajstić information content (AvgIpc) is 3.18. The molecular weight excluding hydrogens is 613 g/mol. The summed E-state index contributed by atoms with van der Waals surface area (Å²) in [5.74, 6) is 0.433. The highest BCUT2D eigenvalue weighted by Crippen LogP contribution is 2.36. The predicted octanol–water partition coefficient (Wildman–Crippen LogP) is 10.0. The standard InChI is InChI=1S/C22H20N4.C22H22N2/c23-26-25-21-12-11-18-10-5-13-24-22(18)20(21)15-16-6-4-9-19(14-16)17-7-2-1-3-8-17;23-21-12-11-18-10-5-13-24-22(18)20(21)15-16-6-4-9-19(14-16)17-7-2-1-3-8-17/h1-10,13-14,20-21H,11-12,15H2;1-10,13-14,20-21H,11-12,15,23H2/t2*20-,21-/m00/s1. The molecular formula is C44H42N6. The van der Waals surface area contributed by atoms with Crippen molar-refractivity contribution in [3.63, 3.8) is 0 Å². The Balaban J connectivity index is 0.000000157. The molecule has 2 N–H and O–H groups in total. The Morgan fingerprint density at radius 2 is 1.08 bits per heavy atom. The maximum atomic E-state index is 8.98. The van der Waals surface area contributed by atoms with Crippen molar-refractivity contribution < 1.29 is 0 Å². The van der Waals surface area contributed by atoms with Crippen LogP contribution in [0.3, 0.4) is 0 Å². The first kappa shape index (κ1) is 33.0. The minimum Gasteiger partial charge on any atom is -0.327 e. The molecule has 2 heterocycles. The molecule has 0 fully saturated rings. The summed E-state index contributed by atoms with van der Waals surface area (Å²) in [6, 6.07) is 46.9. The zero-order valence-corrected chi connectivity index (χ0v) is 28.2. The van der Waals surface area contributed by atoms with E-state index >= 15 is 0 Å². The van der Waals surface area contributed by atoms with Crippen LogP contribution in [0.1, 0.15) is 58.3 Å². The Labute approximate surface area is 294 Å². The quantitative estimate of drug-likeness (QED) is 0.105. The van der Waals surface area contributed by atoms with Gasteiger partial charge >= 0.3 is 0 Å². The van der Waals surface area contributed by atoms with Gasteiger partial charge in [0.05, 0.1) is 0 Å². The number of nitrogens with two attached hydrogens (primary N) is 1. The molecule has 0 radical (unpaired) electrons. The lowest BCUT2D eigenvalue weighted by Crippen LogP contribution is -2.35. The van der Waals surface area contributed by atoms with Gasteiger partial charge in [-0.2, -0.15) is 0 Å². The predicted molar refractivity (Wildman–Crippen MR) is 203 cm³/mol. The lowest BCUT2D eigenvalue weighted by Gasteiger charge is -2.30. The van der Waals surface area contributed by atoms with E-state index in [1.807, 2.05) is 30.6 Å². The van der Waals surface area contributed by atoms with Gasteiger partial charge in [-0.3, -0.25) is 9.97 Å². The van der Waals surface area contributed by atoms with E-state index in [1.54, 1.807) is 0 Å². The van der Waals surface area contributed by atoms with Crippen LogP contribution in [-0.2, 0) is 25.7 Å². The van der Waals surface area contributed by atoms with Crippen LogP contribution in [-0.4, -0.2) is 22.1 Å². The molecule has 0 unspecified atom stereocenters. The normalized spacial score (nSPS) is 19.1. The SMILES string of the molecule is N[C@H]1CCc2cccnc2[C@H]1Cc1cccc(-c2ccccc2)c1.[N-]=[N+]=N[C@H]1CCc2cccnc2[C@H]1Cc1cccc(-c2ccccc2)c1. The average molecular weight is 655 g/mol. The Morgan fingerprint density at radius 1 is 0.580 bits per heavy atom. The third-order valence-corrected chi connectivity index (χ3v) is 10.2. The molecule has 6 nitrogen and oxygen atoms in total. The van der Waals surface area contributed by atoms with E-state index in [0.717, 1.165) is 44.2 Å². The number of pyridine rings is 2. The van der Waals surface area contributed by atoms with E-state index in [4.69, 9.17) is 11.3 Å². The maximum absolute atomic E-state index is 8.98. The van der Waals surface area contributed by atoms with Crippen LogP contribution in [0.4, 0.5) is 0 Å². The monoisotopic (exact) mass is 654 g/mol. The van der Waals surface area contributed by atoms with Crippen LogP contribution < -0.4 is 5.73 Å². The summed E-state index contributed by atoms with van der Waals surface area (Å²) in [6.45, 7) is 0. The van der Waals surface area contributed by atoms with Gasteiger partial charge in [0.25, 0.3) is 0 Å². The van der Waals surface area contributed by atoms with Gasteiger partial charge in [-0.05, 0) is 101 Å². The molecule has 0 bridgehead atoms. The van der Waals surface area contributed by atoms with Crippen molar-refractivity contribution in [2.24, 2.45) is 10.8 Å². The molecule has 2 aromatic heterocycles. The molecule has 4 atom stereocenters. The Hall–Kier alpha value is -5.55. The highest BCUT2D eigenvalue weighted by atomic mass is 15.2. The van der Waals surface area contributed by atoms with E-state index < -0.39 is 0 Å². The summed E-state index contributed by atoms with van der Waals surface area (Å²) in [5, 5.41) is 4.08. The Kier molecular flexibility index (Phi) is 10.4. The van der Waals surface area contributed by atoms with Crippen LogP contribution >= 0.6 is 0 Å². The molecule has 6 heteroatoms. The molecule has 0 aliphatic heterocycles. The van der Waals surface area contributed by atoms with E-state index in [9.17, 15) is 0 Å². The highest BCUT2D eigenvalue weighted by Gasteiger charge is 2.30. The number of aryl methyl sites for hydroxylation is 2. The van der Waals surface area contributed by atoms with Gasteiger partial charge in [-0.25, -0.2) is 0 Å². The molecule has 2 aliphatic rings. The van der Waals surface area contributed by atoms with Crippen molar-refractivity contribution in [3.05, 3.63) is 190 Å². The first-order chi connectivity index (χ1) is 24.7. The highest BCUT2D eigenvalue weighted by molar-refractivity contribution is 5.65. The smallest absolute Gasteiger partial charge is 0.0485 e. The number of azide groups is 1. The molecule has 8 rings (SSSR count). The number of benzene rings is 4. The van der Waals surface area contributed by atoms with E-state index in [0.29, 0.717) is 5.92 Å². The van der Waals surface area contributed by atoms with E-state index in [2.05, 4.69) is 135 Å². The number of rotatable bonds is 7. The zero-order valence-electron chi connectivity index (χ0n) is 28.2. The summed E-state index contributed by atoms with van der Waals surface area (Å²) < 4.78 is 0. The minimum atomic E-state index is -0.0391. The van der Waals surface area contributed by atoms with Gasteiger partial charge in [0.2, 0.25) is 0 Å². The van der Waals surface area contributed by atoms with Crippen molar-refractivity contribution in [2.75, 3.05) is 0 Å². The molecule has 248 valence electrons. The van der Waals surface area contributed by atoms with Crippen LogP contribution in [0.2, 0.25) is 0 Å². The second kappa shape index (κ2) is 15.8. The topological polar surface area (TPSA) is 101 Å². The van der Waals surface area contributed by atoms with Crippen molar-refractivity contribution in [1.29, 1.82) is 0 Å². The van der Waals surface area contributed by atoms with Crippen LogP contribution in [0.15, 0.2) is 151 Å². The van der Waals surface area contributed by atoms with Crippen molar-refractivity contribution in [2.45, 2.75) is 62.4 Å². The first-order valence-electron chi connectivity index (χ1n) is 17.6. The molecule has 50 heavy (non-hydrogen) atoms. The number of nitrogens with zero attached hydrogens (tertiary/aromatic N) is 5. The summed E-state index contributed by atoms with van der Waals surface area (Å²) in [6.07, 6.45) is 9.40. The zero-order chi connectivity index (χ0) is 34.1. The summed E-state index contributed by atoms with van der Waals surface area (Å²) in [4.78, 5) is 12.4. The van der Waals surface area contributed by atoms with Crippen molar-refractivity contribution in [3.8, 4) is 22.3 Å². The van der Waals surface area contributed by atoms with Crippen molar-refractivity contribution in [1.82, 2.24) is 9.97 Å². The lowest BCUT2D eigenvalue weighted by atomic mass is 9.79. The Bertz CT molecular complexity index is 2070. The molecule has 6 aromatic rings. The lowest BCUT2D eigenvalue weighted by molar-refractivity contribution is 0.455. The molecule has 4 aromatic carbocycles. The minimum absolute atomic E-state index is 0.0391. The Morgan fingerprint density at radius 3 is 1.64 bits per heavy atom. The summed E-state index contributed by atoms with van der Waals surface area (Å²) >= 11 is 0. The first-order valence-corrected chi connectivity index (χ1v) is 17.6. The molecule has 0 saturated heterocycles. The fourth-order valence-electron chi connectivity index (χ4n) is 7.62. The number of fused-ring (bicyclic) bond motifs is 2. The van der Waals surface area contributed by atoms with Crippen LogP contribution in [0, 0.1) is 0 Å². The van der Waals surface area contributed by atoms with Crippen LogP contribution in [0.25, 0.3) is 32.7 Å². The molecule has 0 spiro atoms. The molecule has 0 saturated carbocycles. The largest absolute Gasteiger partial charge is 0.327 e. The van der Waals surface area contributed by atoms with Gasteiger partial charge in [0, 0.05) is 52.6 Å². The van der Waals surface area contributed by atoms with Gasteiger partial charge in [-0.1, -0.05) is 126 Å². The third kappa shape index (κ3) is 7.68. The van der Waals surface area contributed by atoms with Gasteiger partial charge in [0.1, 0.15) is 0 Å². The molecule has 0 amide bonds. The van der Waals surface area contributed by atoms with Crippen LogP contribution in [0.5, 0.6) is 0 Å². The van der Waals surface area contributed by atoms with E-state index in [1.165, 1.54) is 50.2 Å². The number of hydrogen-bond donors (Lipinski definition) is 1. The maximum Gasteiger partial charge on any atom is 0.0485 e. The second-order valence-corrected chi connectivity index (χ2v) is 13.4. The molecule has 2 aliphatic carbocycles. The summed E-state index contributed by atoms with van der Waals surface area (Å²) in [7, 11) is 0. The number of aromatic nitrogens is 2. The third-order valence-electron chi connectivity index (χ3n) is 10.2. The summed E-state index contributed by atoms with van der Waals surface area (Å²) in [5.41, 5.74) is 27.9. The van der Waals surface area contributed by atoms with Crippen molar-refractivity contribution >= 4 is 0 Å². The number of hydrogen-bond acceptors (Lipinski definition) is 4. The fourth-order valence-corrected chi connectivity index (χ4v) is 7.62. The second-order valence-electron chi connectivity index (χ2n) is 13.4. The van der Waals surface area contributed by atoms with Gasteiger partial charge in [-0.15, -0.1) is 0 Å². The fraction of sp³-hybridized carbons (Fsp3) is 0.227. The van der Waals surface area contributed by atoms with Gasteiger partial charge in [0.15, 0.2) is 0 Å².